The van der Waals surface area contributed by atoms with Gasteiger partial charge in [-0.05, 0) is 54.8 Å². The van der Waals surface area contributed by atoms with Gasteiger partial charge in [0.2, 0.25) is 0 Å². The lowest BCUT2D eigenvalue weighted by molar-refractivity contribution is -0.137. The molecule has 4 heteroatoms. The van der Waals surface area contributed by atoms with Gasteiger partial charge in [0.25, 0.3) is 0 Å². The number of alkyl halides is 3. The Morgan fingerprint density at radius 1 is 1.15 bits per heavy atom. The fourth-order valence-electron chi connectivity index (χ4n) is 2.46. The standard InChI is InChI=1S/C16H22F3N/c1-12(2)10-20-11-15(7-8-15)9-13-3-5-14(6-4-13)16(17,18)19/h3-6,12,20H,7-11H2,1-2H3. The number of nitrogens with one attached hydrogen (secondary N) is 1. The molecular weight excluding hydrogens is 263 g/mol. The van der Waals surface area contributed by atoms with E-state index in [-0.39, 0.29) is 5.41 Å². The zero-order chi connectivity index (χ0) is 14.8. The lowest BCUT2D eigenvalue weighted by atomic mass is 9.95. The minimum absolute atomic E-state index is 0.272. The molecular formula is C16H22F3N. The number of rotatable bonds is 6. The SMILES string of the molecule is CC(C)CNCC1(Cc2ccc(C(F)(F)F)cc2)CC1. The van der Waals surface area contributed by atoms with E-state index >= 15 is 0 Å². The van der Waals surface area contributed by atoms with E-state index in [9.17, 15) is 13.2 Å². The summed E-state index contributed by atoms with van der Waals surface area (Å²) in [5.74, 6) is 0.622. The van der Waals surface area contributed by atoms with E-state index in [1.165, 1.54) is 25.0 Å². The molecule has 20 heavy (non-hydrogen) atoms. The van der Waals surface area contributed by atoms with Crippen LogP contribution in [0.25, 0.3) is 0 Å². The minimum Gasteiger partial charge on any atom is -0.316 e. The van der Waals surface area contributed by atoms with Gasteiger partial charge in [-0.3, -0.25) is 0 Å². The average molecular weight is 285 g/mol. The molecule has 0 heterocycles. The highest BCUT2D eigenvalue weighted by Crippen LogP contribution is 2.48. The Hall–Kier alpha value is -1.03. The third-order valence-corrected chi connectivity index (χ3v) is 3.87. The van der Waals surface area contributed by atoms with Crippen LogP contribution in [0.1, 0.15) is 37.8 Å². The molecule has 0 aromatic heterocycles. The molecule has 1 aromatic carbocycles. The van der Waals surface area contributed by atoms with E-state index in [0.717, 1.165) is 25.1 Å². The Balaban J connectivity index is 1.90. The second-order valence-corrected chi connectivity index (χ2v) is 6.40. The fraction of sp³-hybridized carbons (Fsp3) is 0.625. The molecule has 1 aliphatic rings. The molecule has 0 bridgehead atoms. The van der Waals surface area contributed by atoms with Gasteiger partial charge < -0.3 is 5.32 Å². The summed E-state index contributed by atoms with van der Waals surface area (Å²) in [6, 6.07) is 5.61. The number of hydrogen-bond donors (Lipinski definition) is 1. The van der Waals surface area contributed by atoms with Crippen molar-refractivity contribution in [3.8, 4) is 0 Å². The molecule has 1 nitrogen and oxygen atoms in total. The van der Waals surface area contributed by atoms with Gasteiger partial charge in [0.15, 0.2) is 0 Å². The normalized spacial score (nSPS) is 17.5. The molecule has 1 aromatic rings. The quantitative estimate of drug-likeness (QED) is 0.823. The van der Waals surface area contributed by atoms with E-state index in [1.54, 1.807) is 12.1 Å². The van der Waals surface area contributed by atoms with Crippen molar-refractivity contribution in [2.45, 2.75) is 39.3 Å². The zero-order valence-electron chi connectivity index (χ0n) is 12.1. The summed E-state index contributed by atoms with van der Waals surface area (Å²) in [5.41, 5.74) is 0.708. The van der Waals surface area contributed by atoms with E-state index < -0.39 is 11.7 Å². The van der Waals surface area contributed by atoms with E-state index in [4.69, 9.17) is 0 Å². The van der Waals surface area contributed by atoms with Gasteiger partial charge in [0, 0.05) is 6.54 Å². The summed E-state index contributed by atoms with van der Waals surface area (Å²) in [7, 11) is 0. The molecule has 1 N–H and O–H groups in total. The Bertz CT molecular complexity index is 430. The van der Waals surface area contributed by atoms with E-state index in [0.29, 0.717) is 5.92 Å². The zero-order valence-corrected chi connectivity index (χ0v) is 12.1. The molecule has 1 saturated carbocycles. The Labute approximate surface area is 118 Å². The summed E-state index contributed by atoms with van der Waals surface area (Å²) < 4.78 is 37.5. The van der Waals surface area contributed by atoms with Crippen LogP contribution in [0.3, 0.4) is 0 Å². The predicted octanol–water partition coefficient (Wildman–Crippen LogP) is 4.27. The van der Waals surface area contributed by atoms with Crippen molar-refractivity contribution in [3.05, 3.63) is 35.4 Å². The molecule has 0 atom stereocenters. The fourth-order valence-corrected chi connectivity index (χ4v) is 2.46. The highest BCUT2D eigenvalue weighted by atomic mass is 19.4. The van der Waals surface area contributed by atoms with Crippen LogP contribution in [0.2, 0.25) is 0 Å². The first kappa shape index (κ1) is 15.4. The molecule has 2 rings (SSSR count). The van der Waals surface area contributed by atoms with Gasteiger partial charge in [0.1, 0.15) is 0 Å². The van der Waals surface area contributed by atoms with Gasteiger partial charge in [-0.1, -0.05) is 26.0 Å². The van der Waals surface area contributed by atoms with Gasteiger partial charge in [0.05, 0.1) is 5.56 Å². The molecule has 0 unspecified atom stereocenters. The van der Waals surface area contributed by atoms with Crippen LogP contribution in [0.5, 0.6) is 0 Å². The molecule has 0 aliphatic heterocycles. The predicted molar refractivity (Wildman–Crippen MR) is 74.5 cm³/mol. The Morgan fingerprint density at radius 3 is 2.20 bits per heavy atom. The van der Waals surface area contributed by atoms with Crippen LogP contribution in [0.4, 0.5) is 13.2 Å². The topological polar surface area (TPSA) is 12.0 Å². The van der Waals surface area contributed by atoms with Gasteiger partial charge >= 0.3 is 6.18 Å². The Kier molecular flexibility index (Phi) is 4.43. The van der Waals surface area contributed by atoms with Crippen molar-refractivity contribution in [3.63, 3.8) is 0 Å². The van der Waals surface area contributed by atoms with E-state index in [2.05, 4.69) is 19.2 Å². The second kappa shape index (κ2) is 5.76. The van der Waals surface area contributed by atoms with Gasteiger partial charge in [-0.15, -0.1) is 0 Å². The maximum Gasteiger partial charge on any atom is 0.416 e. The molecule has 1 aliphatic carbocycles. The van der Waals surface area contributed by atoms with Gasteiger partial charge in [-0.2, -0.15) is 13.2 Å². The van der Waals surface area contributed by atoms with E-state index in [1.807, 2.05) is 0 Å². The highest BCUT2D eigenvalue weighted by molar-refractivity contribution is 5.26. The van der Waals surface area contributed by atoms with Crippen molar-refractivity contribution in [2.75, 3.05) is 13.1 Å². The number of halogens is 3. The Morgan fingerprint density at radius 2 is 1.75 bits per heavy atom. The monoisotopic (exact) mass is 285 g/mol. The number of hydrogen-bond acceptors (Lipinski definition) is 1. The largest absolute Gasteiger partial charge is 0.416 e. The molecule has 0 radical (unpaired) electrons. The summed E-state index contributed by atoms with van der Waals surface area (Å²) >= 11 is 0. The average Bonchev–Trinajstić information content (AvgIpc) is 3.08. The highest BCUT2D eigenvalue weighted by Gasteiger charge is 2.42. The third kappa shape index (κ3) is 4.23. The molecule has 112 valence electrons. The summed E-state index contributed by atoms with van der Waals surface area (Å²) in [6.45, 7) is 6.30. The van der Waals surface area contributed by atoms with Crippen LogP contribution >= 0.6 is 0 Å². The van der Waals surface area contributed by atoms with Crippen molar-refractivity contribution < 1.29 is 13.2 Å². The van der Waals surface area contributed by atoms with Crippen molar-refractivity contribution >= 4 is 0 Å². The lowest BCUT2D eigenvalue weighted by Crippen LogP contribution is -2.28. The summed E-state index contributed by atoms with van der Waals surface area (Å²) in [5, 5.41) is 3.46. The second-order valence-electron chi connectivity index (χ2n) is 6.40. The molecule has 0 saturated heterocycles. The van der Waals surface area contributed by atoms with Crippen molar-refractivity contribution in [2.24, 2.45) is 11.3 Å². The van der Waals surface area contributed by atoms with Crippen LogP contribution in [0.15, 0.2) is 24.3 Å². The van der Waals surface area contributed by atoms with Crippen molar-refractivity contribution in [1.82, 2.24) is 5.32 Å². The van der Waals surface area contributed by atoms with Crippen molar-refractivity contribution in [1.29, 1.82) is 0 Å². The van der Waals surface area contributed by atoms with Crippen LogP contribution < -0.4 is 5.32 Å². The van der Waals surface area contributed by atoms with Crippen LogP contribution in [-0.4, -0.2) is 13.1 Å². The summed E-state index contributed by atoms with van der Waals surface area (Å²) in [6.07, 6.45) is -1.04. The third-order valence-electron chi connectivity index (χ3n) is 3.87. The first-order valence-electron chi connectivity index (χ1n) is 7.18. The van der Waals surface area contributed by atoms with Crippen LogP contribution in [0, 0.1) is 11.3 Å². The maximum absolute atomic E-state index is 12.5. The van der Waals surface area contributed by atoms with Gasteiger partial charge in [-0.25, -0.2) is 0 Å². The maximum atomic E-state index is 12.5. The smallest absolute Gasteiger partial charge is 0.316 e. The first-order chi connectivity index (χ1) is 9.31. The number of benzene rings is 1. The molecule has 0 amide bonds. The first-order valence-corrected chi connectivity index (χ1v) is 7.18. The molecule has 0 spiro atoms. The minimum atomic E-state index is -4.24. The molecule has 1 fully saturated rings. The lowest BCUT2D eigenvalue weighted by Gasteiger charge is -2.17. The summed E-state index contributed by atoms with van der Waals surface area (Å²) in [4.78, 5) is 0. The van der Waals surface area contributed by atoms with Crippen LogP contribution in [-0.2, 0) is 12.6 Å².